The van der Waals surface area contributed by atoms with Gasteiger partial charge >= 0.3 is 0 Å². The second-order valence-corrected chi connectivity index (χ2v) is 6.35. The summed E-state index contributed by atoms with van der Waals surface area (Å²) in [5.74, 6) is -0.604. The zero-order valence-electron chi connectivity index (χ0n) is 14.8. The highest BCUT2D eigenvalue weighted by Crippen LogP contribution is 2.40. The molecule has 0 saturated heterocycles. The maximum atomic E-state index is 13.0. The van der Waals surface area contributed by atoms with Crippen LogP contribution in [0, 0.1) is 0 Å². The Morgan fingerprint density at radius 2 is 1.88 bits per heavy atom. The van der Waals surface area contributed by atoms with E-state index in [1.165, 1.54) is 11.8 Å². The number of amides is 2. The molecule has 1 aromatic heterocycles. The van der Waals surface area contributed by atoms with Gasteiger partial charge in [0.15, 0.2) is 0 Å². The van der Waals surface area contributed by atoms with Crippen LogP contribution in [0.5, 0.6) is 0 Å². The normalized spacial score (nSPS) is 13.5. The van der Waals surface area contributed by atoms with Gasteiger partial charge in [-0.15, -0.1) is 0 Å². The molecule has 0 saturated carbocycles. The molecule has 3 rings (SSSR count). The second kappa shape index (κ2) is 7.03. The maximum Gasteiger partial charge on any atom is 0.267 e. The van der Waals surface area contributed by atoms with Gasteiger partial charge in [-0.1, -0.05) is 12.1 Å². The van der Waals surface area contributed by atoms with E-state index >= 15 is 0 Å². The van der Waals surface area contributed by atoms with Gasteiger partial charge in [0.05, 0.1) is 28.8 Å². The summed E-state index contributed by atoms with van der Waals surface area (Å²) in [5.41, 5.74) is 2.69. The van der Waals surface area contributed by atoms with E-state index in [1.807, 2.05) is 32.3 Å². The molecule has 25 heavy (non-hydrogen) atoms. The molecule has 0 aliphatic carbocycles. The van der Waals surface area contributed by atoms with Crippen LogP contribution in [0.1, 0.15) is 23.7 Å². The summed E-state index contributed by atoms with van der Waals surface area (Å²) in [4.78, 5) is 34.9. The first-order valence-corrected chi connectivity index (χ1v) is 8.31. The van der Waals surface area contributed by atoms with E-state index in [0.29, 0.717) is 11.3 Å². The molecule has 0 N–H and O–H groups in total. The minimum absolute atomic E-state index is 0.300. The predicted molar refractivity (Wildman–Crippen MR) is 98.3 cm³/mol. The van der Waals surface area contributed by atoms with E-state index in [-0.39, 0.29) is 11.8 Å². The molecule has 1 aliphatic heterocycles. The van der Waals surface area contributed by atoms with E-state index in [2.05, 4.69) is 14.8 Å². The van der Waals surface area contributed by atoms with Crippen LogP contribution in [0.2, 0.25) is 0 Å². The van der Waals surface area contributed by atoms with Crippen LogP contribution in [0.25, 0.3) is 0 Å². The highest BCUT2D eigenvalue weighted by Gasteiger charge is 2.32. The lowest BCUT2D eigenvalue weighted by Gasteiger charge is -2.26. The van der Waals surface area contributed by atoms with Gasteiger partial charge in [-0.3, -0.25) is 14.6 Å². The Balaban J connectivity index is 2.14. The lowest BCUT2D eigenvalue weighted by atomic mass is 10.1. The average Bonchev–Trinajstić information content (AvgIpc) is 2.68. The lowest BCUT2D eigenvalue weighted by molar-refractivity contribution is -0.115. The van der Waals surface area contributed by atoms with E-state index in [1.54, 1.807) is 24.5 Å². The quantitative estimate of drug-likeness (QED) is 0.858. The molecular formula is C19H22N4O2. The molecule has 0 spiro atoms. The van der Waals surface area contributed by atoms with Crippen molar-refractivity contribution in [1.29, 1.82) is 0 Å². The Kier molecular flexibility index (Phi) is 4.81. The molecule has 0 unspecified atom stereocenters. The van der Waals surface area contributed by atoms with Crippen molar-refractivity contribution >= 4 is 28.9 Å². The Morgan fingerprint density at radius 1 is 1.12 bits per heavy atom. The molecule has 0 bridgehead atoms. The van der Waals surface area contributed by atoms with Crippen molar-refractivity contribution in [2.75, 3.05) is 37.0 Å². The molecule has 6 nitrogen and oxygen atoms in total. The molecule has 0 atom stereocenters. The van der Waals surface area contributed by atoms with Gasteiger partial charge in [-0.2, -0.15) is 0 Å². The van der Waals surface area contributed by atoms with Crippen molar-refractivity contribution in [1.82, 2.24) is 9.88 Å². The third-order valence-corrected chi connectivity index (χ3v) is 4.24. The number of pyridine rings is 1. The Bertz CT molecular complexity index is 804. The summed E-state index contributed by atoms with van der Waals surface area (Å²) in [6.45, 7) is 3.07. The zero-order chi connectivity index (χ0) is 18.0. The highest BCUT2D eigenvalue weighted by molar-refractivity contribution is 6.25. The number of carbonyl (C=O) groups is 2. The molecule has 1 aromatic carbocycles. The average molecular weight is 338 g/mol. The van der Waals surface area contributed by atoms with Crippen molar-refractivity contribution in [3.05, 3.63) is 48.3 Å². The van der Waals surface area contributed by atoms with Crippen LogP contribution < -0.4 is 9.80 Å². The number of aromatic nitrogens is 1. The Hall–Kier alpha value is -2.73. The fourth-order valence-electron chi connectivity index (χ4n) is 3.12. The Labute approximate surface area is 147 Å². The van der Waals surface area contributed by atoms with E-state index in [4.69, 9.17) is 0 Å². The number of carbonyl (C=O) groups excluding carboxylic acids is 2. The lowest BCUT2D eigenvalue weighted by Crippen LogP contribution is -2.34. The minimum Gasteiger partial charge on any atom is -0.338 e. The van der Waals surface area contributed by atoms with Crippen LogP contribution in [0.3, 0.4) is 0 Å². The number of hydrogen-bond acceptors (Lipinski definition) is 5. The summed E-state index contributed by atoms with van der Waals surface area (Å²) in [5, 5.41) is 0. The number of fused-ring (bicyclic) bond motifs is 2. The van der Waals surface area contributed by atoms with Crippen molar-refractivity contribution in [2.45, 2.75) is 13.3 Å². The zero-order valence-corrected chi connectivity index (χ0v) is 14.8. The fraction of sp³-hybridized carbons (Fsp3) is 0.316. The first-order chi connectivity index (χ1) is 12.0. The summed E-state index contributed by atoms with van der Waals surface area (Å²) in [6, 6.07) is 9.14. The van der Waals surface area contributed by atoms with Crippen LogP contribution in [-0.4, -0.2) is 48.9 Å². The summed E-state index contributed by atoms with van der Waals surface area (Å²) in [6.07, 6.45) is 4.25. The molecule has 2 amide bonds. The predicted octanol–water partition coefficient (Wildman–Crippen LogP) is 2.68. The number of hydrogen-bond donors (Lipinski definition) is 0. The monoisotopic (exact) mass is 338 g/mol. The molecular weight excluding hydrogens is 316 g/mol. The summed E-state index contributed by atoms with van der Waals surface area (Å²) >= 11 is 0. The van der Waals surface area contributed by atoms with Gasteiger partial charge in [0, 0.05) is 19.7 Å². The largest absolute Gasteiger partial charge is 0.338 e. The van der Waals surface area contributed by atoms with Gasteiger partial charge in [0.1, 0.15) is 0 Å². The number of rotatable bonds is 4. The first kappa shape index (κ1) is 17.1. The smallest absolute Gasteiger partial charge is 0.267 e. The van der Waals surface area contributed by atoms with E-state index in [9.17, 15) is 9.59 Å². The van der Waals surface area contributed by atoms with Gasteiger partial charge in [-0.25, -0.2) is 4.90 Å². The van der Waals surface area contributed by atoms with Crippen LogP contribution >= 0.6 is 0 Å². The number of anilines is 3. The number of para-hydroxylation sites is 1. The van der Waals surface area contributed by atoms with E-state index in [0.717, 1.165) is 30.9 Å². The SMILES string of the molecule is CC(=O)N1C(=O)c2ccccc2N(CCCN(C)C)c2cnccc21. The molecule has 0 radical (unpaired) electrons. The van der Waals surface area contributed by atoms with Crippen molar-refractivity contribution < 1.29 is 9.59 Å². The third kappa shape index (κ3) is 3.25. The van der Waals surface area contributed by atoms with E-state index < -0.39 is 0 Å². The van der Waals surface area contributed by atoms with Gasteiger partial charge < -0.3 is 9.80 Å². The molecule has 1 aliphatic rings. The summed E-state index contributed by atoms with van der Waals surface area (Å²) in [7, 11) is 4.07. The number of nitrogens with zero attached hydrogens (tertiary/aromatic N) is 4. The summed E-state index contributed by atoms with van der Waals surface area (Å²) < 4.78 is 0. The first-order valence-electron chi connectivity index (χ1n) is 8.31. The number of benzene rings is 1. The van der Waals surface area contributed by atoms with Crippen molar-refractivity contribution in [2.24, 2.45) is 0 Å². The minimum atomic E-state index is -0.303. The third-order valence-electron chi connectivity index (χ3n) is 4.24. The molecule has 130 valence electrons. The van der Waals surface area contributed by atoms with Crippen molar-refractivity contribution in [3.8, 4) is 0 Å². The fourth-order valence-corrected chi connectivity index (χ4v) is 3.12. The van der Waals surface area contributed by atoms with Gasteiger partial charge in [0.25, 0.3) is 5.91 Å². The molecule has 2 heterocycles. The van der Waals surface area contributed by atoms with Crippen molar-refractivity contribution in [3.63, 3.8) is 0 Å². The molecule has 2 aromatic rings. The van der Waals surface area contributed by atoms with Crippen LogP contribution in [-0.2, 0) is 4.79 Å². The topological polar surface area (TPSA) is 56.8 Å². The molecule has 0 fully saturated rings. The van der Waals surface area contributed by atoms with Crippen LogP contribution in [0.15, 0.2) is 42.7 Å². The standard InChI is InChI=1S/C19H22N4O2/c1-14(24)23-17-9-10-20-13-18(17)22(12-6-11-21(2)3)16-8-5-4-7-15(16)19(23)25/h4-5,7-10,13H,6,11-12H2,1-3H3. The van der Waals surface area contributed by atoms with Gasteiger partial charge in [-0.05, 0) is 45.3 Å². The van der Waals surface area contributed by atoms with Gasteiger partial charge in [0.2, 0.25) is 5.91 Å². The number of imide groups is 1. The maximum absolute atomic E-state index is 13.0. The Morgan fingerprint density at radius 3 is 2.60 bits per heavy atom. The second-order valence-electron chi connectivity index (χ2n) is 6.35. The van der Waals surface area contributed by atoms with Crippen LogP contribution in [0.4, 0.5) is 17.1 Å². The highest BCUT2D eigenvalue weighted by atomic mass is 16.2. The molecule has 6 heteroatoms.